The molecule has 0 fully saturated rings. The minimum absolute atomic E-state index is 0.374. The zero-order chi connectivity index (χ0) is 13.7. The van der Waals surface area contributed by atoms with Gasteiger partial charge in [-0.2, -0.15) is 0 Å². The van der Waals surface area contributed by atoms with Crippen molar-refractivity contribution in [3.8, 4) is 5.75 Å². The van der Waals surface area contributed by atoms with Gasteiger partial charge in [0.15, 0.2) is 6.10 Å². The van der Waals surface area contributed by atoms with Crippen LogP contribution in [0.3, 0.4) is 0 Å². The molecule has 5 nitrogen and oxygen atoms in total. The molecule has 0 aliphatic heterocycles. The predicted molar refractivity (Wildman–Crippen MR) is 71.8 cm³/mol. The molecule has 1 atom stereocenters. The van der Waals surface area contributed by atoms with Crippen LogP contribution in [-0.4, -0.2) is 25.1 Å². The molecule has 1 aromatic rings. The van der Waals surface area contributed by atoms with Gasteiger partial charge in [-0.15, -0.1) is 0 Å². The van der Waals surface area contributed by atoms with E-state index < -0.39 is 18.0 Å². The molecule has 0 aliphatic rings. The molecule has 0 bridgehead atoms. The summed E-state index contributed by atoms with van der Waals surface area (Å²) >= 11 is 9.21. The number of imide groups is 1. The first kappa shape index (κ1) is 14.8. The highest BCUT2D eigenvalue weighted by Crippen LogP contribution is 2.28. The van der Waals surface area contributed by atoms with Gasteiger partial charge in [0.1, 0.15) is 5.75 Å². The zero-order valence-electron chi connectivity index (χ0n) is 9.79. The Hall–Kier alpha value is -1.27. The fraction of sp³-hybridized carbons (Fsp3) is 0.273. The number of hydrogen-bond acceptors (Lipinski definition) is 3. The van der Waals surface area contributed by atoms with E-state index in [0.29, 0.717) is 10.8 Å². The molecule has 0 saturated carbocycles. The summed E-state index contributed by atoms with van der Waals surface area (Å²) in [6.45, 7) is 1.52. The number of amides is 3. The summed E-state index contributed by atoms with van der Waals surface area (Å²) < 4.78 is 6.17. The topological polar surface area (TPSA) is 67.4 Å². The lowest BCUT2D eigenvalue weighted by atomic mass is 10.3. The van der Waals surface area contributed by atoms with Crippen molar-refractivity contribution < 1.29 is 14.3 Å². The van der Waals surface area contributed by atoms with Crippen LogP contribution in [0.4, 0.5) is 4.79 Å². The van der Waals surface area contributed by atoms with Gasteiger partial charge in [0.05, 0.1) is 5.02 Å². The molecule has 18 heavy (non-hydrogen) atoms. The van der Waals surface area contributed by atoms with Gasteiger partial charge in [-0.1, -0.05) is 27.5 Å². The van der Waals surface area contributed by atoms with Crippen molar-refractivity contribution in [3.63, 3.8) is 0 Å². The molecule has 0 aliphatic carbocycles. The number of carbonyl (C=O) groups is 2. The third kappa shape index (κ3) is 4.19. The van der Waals surface area contributed by atoms with Crippen LogP contribution < -0.4 is 15.4 Å². The predicted octanol–water partition coefficient (Wildman–Crippen LogP) is 2.33. The van der Waals surface area contributed by atoms with Gasteiger partial charge < -0.3 is 10.1 Å². The highest BCUT2D eigenvalue weighted by Gasteiger charge is 2.17. The minimum Gasteiger partial charge on any atom is -0.479 e. The summed E-state index contributed by atoms with van der Waals surface area (Å²) in [6.07, 6.45) is -0.832. The smallest absolute Gasteiger partial charge is 0.321 e. The quantitative estimate of drug-likeness (QED) is 0.891. The molecular formula is C11H12BrClN2O3. The van der Waals surface area contributed by atoms with Crippen LogP contribution >= 0.6 is 27.5 Å². The summed E-state index contributed by atoms with van der Waals surface area (Å²) in [4.78, 5) is 22.5. The number of urea groups is 1. The van der Waals surface area contributed by atoms with Crippen molar-refractivity contribution in [2.45, 2.75) is 13.0 Å². The first-order valence-corrected chi connectivity index (χ1v) is 6.25. The largest absolute Gasteiger partial charge is 0.479 e. The number of nitrogens with one attached hydrogen (secondary N) is 2. The van der Waals surface area contributed by atoms with Crippen LogP contribution in [0.25, 0.3) is 0 Å². The van der Waals surface area contributed by atoms with Gasteiger partial charge in [-0.25, -0.2) is 4.79 Å². The minimum atomic E-state index is -0.832. The van der Waals surface area contributed by atoms with Crippen LogP contribution in [0.15, 0.2) is 22.7 Å². The number of hydrogen-bond donors (Lipinski definition) is 2. The van der Waals surface area contributed by atoms with E-state index in [0.717, 1.165) is 4.47 Å². The highest BCUT2D eigenvalue weighted by molar-refractivity contribution is 9.10. The molecule has 0 spiro atoms. The van der Waals surface area contributed by atoms with Crippen LogP contribution in [-0.2, 0) is 4.79 Å². The Morgan fingerprint density at radius 1 is 1.44 bits per heavy atom. The Bertz CT molecular complexity index is 468. The third-order valence-corrected chi connectivity index (χ3v) is 2.82. The summed E-state index contributed by atoms with van der Waals surface area (Å²) in [5.41, 5.74) is 0. The maximum absolute atomic E-state index is 11.5. The molecule has 0 radical (unpaired) electrons. The monoisotopic (exact) mass is 334 g/mol. The van der Waals surface area contributed by atoms with Crippen LogP contribution in [0.5, 0.6) is 5.75 Å². The Morgan fingerprint density at radius 3 is 2.67 bits per heavy atom. The molecule has 98 valence electrons. The third-order valence-electron chi connectivity index (χ3n) is 2.03. The fourth-order valence-corrected chi connectivity index (χ4v) is 1.81. The van der Waals surface area contributed by atoms with Crippen molar-refractivity contribution in [3.05, 3.63) is 27.7 Å². The van der Waals surface area contributed by atoms with E-state index in [2.05, 4.69) is 26.6 Å². The van der Waals surface area contributed by atoms with Crippen LogP contribution in [0, 0.1) is 0 Å². The lowest BCUT2D eigenvalue weighted by Gasteiger charge is -2.15. The second-order valence-electron chi connectivity index (χ2n) is 3.40. The maximum atomic E-state index is 11.5. The molecule has 0 saturated heterocycles. The lowest BCUT2D eigenvalue weighted by molar-refractivity contribution is -0.126. The van der Waals surface area contributed by atoms with E-state index in [1.807, 2.05) is 0 Å². The van der Waals surface area contributed by atoms with Gasteiger partial charge in [0, 0.05) is 11.5 Å². The Morgan fingerprint density at radius 2 is 2.11 bits per heavy atom. The summed E-state index contributed by atoms with van der Waals surface area (Å²) in [5, 5.41) is 4.77. The molecule has 7 heteroatoms. The normalized spacial score (nSPS) is 11.6. The second-order valence-corrected chi connectivity index (χ2v) is 4.73. The van der Waals surface area contributed by atoms with E-state index >= 15 is 0 Å². The lowest BCUT2D eigenvalue weighted by Crippen LogP contribution is -2.43. The average molecular weight is 336 g/mol. The van der Waals surface area contributed by atoms with Crippen molar-refractivity contribution in [2.75, 3.05) is 7.05 Å². The van der Waals surface area contributed by atoms with E-state index in [9.17, 15) is 9.59 Å². The van der Waals surface area contributed by atoms with E-state index in [1.165, 1.54) is 14.0 Å². The first-order valence-electron chi connectivity index (χ1n) is 5.08. The Kier molecular flexibility index (Phi) is 5.43. The van der Waals surface area contributed by atoms with Gasteiger partial charge in [0.2, 0.25) is 0 Å². The molecule has 0 aromatic heterocycles. The maximum Gasteiger partial charge on any atom is 0.321 e. The average Bonchev–Trinajstić information content (AvgIpc) is 2.32. The van der Waals surface area contributed by atoms with Crippen LogP contribution in [0.1, 0.15) is 6.92 Å². The molecule has 1 aromatic carbocycles. The van der Waals surface area contributed by atoms with Crippen molar-refractivity contribution in [1.82, 2.24) is 10.6 Å². The SMILES string of the molecule is CNC(=O)NC(=O)C(C)Oc1ccc(Br)cc1Cl. The molecule has 2 N–H and O–H groups in total. The number of carbonyl (C=O) groups excluding carboxylic acids is 2. The standard InChI is InChI=1S/C11H12BrClN2O3/c1-6(10(16)15-11(17)14-2)18-9-4-3-7(12)5-8(9)13/h3-6H,1-2H3,(H2,14,15,16,17). The molecule has 1 unspecified atom stereocenters. The number of halogens is 2. The van der Waals surface area contributed by atoms with Gasteiger partial charge in [-0.3, -0.25) is 10.1 Å². The first-order chi connectivity index (χ1) is 8.43. The molecule has 1 rings (SSSR count). The number of benzene rings is 1. The van der Waals surface area contributed by atoms with Gasteiger partial charge in [-0.05, 0) is 25.1 Å². The number of rotatable bonds is 3. The Labute approximate surface area is 118 Å². The van der Waals surface area contributed by atoms with Crippen molar-refractivity contribution >= 4 is 39.5 Å². The van der Waals surface area contributed by atoms with E-state index in [4.69, 9.17) is 16.3 Å². The second kappa shape index (κ2) is 6.61. The fourth-order valence-electron chi connectivity index (χ4n) is 1.09. The van der Waals surface area contributed by atoms with Gasteiger partial charge >= 0.3 is 6.03 Å². The summed E-state index contributed by atoms with van der Waals surface area (Å²) in [7, 11) is 1.42. The van der Waals surface area contributed by atoms with Crippen molar-refractivity contribution in [2.24, 2.45) is 0 Å². The van der Waals surface area contributed by atoms with Gasteiger partial charge in [0.25, 0.3) is 5.91 Å². The van der Waals surface area contributed by atoms with Crippen LogP contribution in [0.2, 0.25) is 5.02 Å². The summed E-state index contributed by atoms with van der Waals surface area (Å²) in [6, 6.07) is 4.44. The summed E-state index contributed by atoms with van der Waals surface area (Å²) in [5.74, 6) is -0.173. The van der Waals surface area contributed by atoms with E-state index in [1.54, 1.807) is 18.2 Å². The molecule has 0 heterocycles. The van der Waals surface area contributed by atoms with Crippen molar-refractivity contribution in [1.29, 1.82) is 0 Å². The Balaban J connectivity index is 2.66. The zero-order valence-corrected chi connectivity index (χ0v) is 12.1. The molecule has 3 amide bonds. The number of ether oxygens (including phenoxy) is 1. The van der Waals surface area contributed by atoms with E-state index in [-0.39, 0.29) is 0 Å². The molecular weight excluding hydrogens is 323 g/mol. The highest BCUT2D eigenvalue weighted by atomic mass is 79.9.